The van der Waals surface area contributed by atoms with E-state index in [4.69, 9.17) is 4.74 Å². The summed E-state index contributed by atoms with van der Waals surface area (Å²) in [5.74, 6) is -0.956. The summed E-state index contributed by atoms with van der Waals surface area (Å²) in [7, 11) is 0. The number of pyridine rings is 1. The van der Waals surface area contributed by atoms with Crippen LogP contribution in [0.25, 0.3) is 0 Å². The summed E-state index contributed by atoms with van der Waals surface area (Å²) < 4.78 is 29.8. The van der Waals surface area contributed by atoms with Crippen molar-refractivity contribution in [3.63, 3.8) is 0 Å². The highest BCUT2D eigenvalue weighted by molar-refractivity contribution is 6.11. The van der Waals surface area contributed by atoms with Gasteiger partial charge in [-0.05, 0) is 31.5 Å². The van der Waals surface area contributed by atoms with Crippen LogP contribution in [0.3, 0.4) is 0 Å². The molecular formula is C15H14F2N2O3. The SMILES string of the molecule is CCOC(=O)c1[nH]cc(C(=O)c2ccc(C(F)F)nc2)c1C. The van der Waals surface area contributed by atoms with E-state index >= 15 is 0 Å². The average molecular weight is 308 g/mol. The molecule has 0 fully saturated rings. The number of ketones is 1. The first-order chi connectivity index (χ1) is 10.5. The van der Waals surface area contributed by atoms with Crippen LogP contribution in [0.15, 0.2) is 24.5 Å². The molecule has 0 aliphatic carbocycles. The molecule has 0 saturated carbocycles. The third-order valence-corrected chi connectivity index (χ3v) is 3.14. The number of aromatic amines is 1. The van der Waals surface area contributed by atoms with E-state index in [1.54, 1.807) is 13.8 Å². The standard InChI is InChI=1S/C15H14F2N2O3/c1-3-22-15(21)12-8(2)10(7-19-12)13(20)9-4-5-11(14(16)17)18-6-9/h4-7,14,19H,3H2,1-2H3. The number of hydrogen-bond donors (Lipinski definition) is 1. The van der Waals surface area contributed by atoms with Crippen molar-refractivity contribution in [2.45, 2.75) is 20.3 Å². The first kappa shape index (κ1) is 15.8. The zero-order valence-corrected chi connectivity index (χ0v) is 12.0. The summed E-state index contributed by atoms with van der Waals surface area (Å²) >= 11 is 0. The van der Waals surface area contributed by atoms with Gasteiger partial charge in [0.25, 0.3) is 6.43 Å². The van der Waals surface area contributed by atoms with E-state index in [9.17, 15) is 18.4 Å². The minimum atomic E-state index is -2.69. The predicted octanol–water partition coefficient (Wildman–Crippen LogP) is 3.06. The highest BCUT2D eigenvalue weighted by atomic mass is 19.3. The second-order valence-electron chi connectivity index (χ2n) is 4.52. The number of H-pyrrole nitrogens is 1. The number of nitrogens with zero attached hydrogens (tertiary/aromatic N) is 1. The first-order valence-electron chi connectivity index (χ1n) is 6.59. The molecule has 2 rings (SSSR count). The van der Waals surface area contributed by atoms with E-state index in [1.807, 2.05) is 0 Å². The topological polar surface area (TPSA) is 72.1 Å². The maximum atomic E-state index is 12.4. The van der Waals surface area contributed by atoms with Crippen LogP contribution in [-0.2, 0) is 4.74 Å². The van der Waals surface area contributed by atoms with Gasteiger partial charge >= 0.3 is 5.97 Å². The number of aromatic nitrogens is 2. The van der Waals surface area contributed by atoms with Gasteiger partial charge < -0.3 is 9.72 Å². The maximum absolute atomic E-state index is 12.4. The largest absolute Gasteiger partial charge is 0.461 e. The third kappa shape index (κ3) is 3.03. The monoisotopic (exact) mass is 308 g/mol. The van der Waals surface area contributed by atoms with E-state index < -0.39 is 23.9 Å². The van der Waals surface area contributed by atoms with E-state index in [1.165, 1.54) is 12.3 Å². The molecule has 7 heteroatoms. The minimum Gasteiger partial charge on any atom is -0.461 e. The summed E-state index contributed by atoms with van der Waals surface area (Å²) in [6.07, 6.45) is -0.195. The summed E-state index contributed by atoms with van der Waals surface area (Å²) in [6.45, 7) is 3.51. The zero-order valence-electron chi connectivity index (χ0n) is 12.0. The summed E-state index contributed by atoms with van der Waals surface area (Å²) in [5.41, 5.74) is 0.690. The molecule has 0 radical (unpaired) electrons. The molecule has 0 spiro atoms. The number of carbonyl (C=O) groups excluding carboxylic acids is 2. The van der Waals surface area contributed by atoms with Gasteiger partial charge in [0.2, 0.25) is 0 Å². The third-order valence-electron chi connectivity index (χ3n) is 3.14. The number of carbonyl (C=O) groups is 2. The van der Waals surface area contributed by atoms with Crippen molar-refractivity contribution in [2.24, 2.45) is 0 Å². The van der Waals surface area contributed by atoms with E-state index in [0.29, 0.717) is 5.56 Å². The van der Waals surface area contributed by atoms with Crippen molar-refractivity contribution in [1.29, 1.82) is 0 Å². The van der Waals surface area contributed by atoms with Gasteiger partial charge in [-0.25, -0.2) is 13.6 Å². The van der Waals surface area contributed by atoms with Crippen LogP contribution in [-0.4, -0.2) is 28.3 Å². The Morgan fingerprint density at radius 2 is 2.09 bits per heavy atom. The molecule has 2 aromatic rings. The molecule has 1 N–H and O–H groups in total. The van der Waals surface area contributed by atoms with Crippen molar-refractivity contribution >= 4 is 11.8 Å². The fourth-order valence-electron chi connectivity index (χ4n) is 1.97. The molecule has 2 heterocycles. The number of halogens is 2. The number of alkyl halides is 2. The molecule has 0 saturated heterocycles. The predicted molar refractivity (Wildman–Crippen MR) is 74.1 cm³/mol. The molecule has 0 atom stereocenters. The maximum Gasteiger partial charge on any atom is 0.355 e. The van der Waals surface area contributed by atoms with Gasteiger partial charge in [0.1, 0.15) is 11.4 Å². The van der Waals surface area contributed by atoms with Crippen molar-refractivity contribution < 1.29 is 23.1 Å². The van der Waals surface area contributed by atoms with Gasteiger partial charge in [0.05, 0.1) is 6.61 Å². The van der Waals surface area contributed by atoms with Gasteiger partial charge in [-0.1, -0.05) is 0 Å². The van der Waals surface area contributed by atoms with E-state index in [-0.39, 0.29) is 23.4 Å². The molecule has 0 amide bonds. The quantitative estimate of drug-likeness (QED) is 0.680. The first-order valence-corrected chi connectivity index (χ1v) is 6.59. The van der Waals surface area contributed by atoms with Crippen LogP contribution in [0, 0.1) is 6.92 Å². The fraction of sp³-hybridized carbons (Fsp3) is 0.267. The highest BCUT2D eigenvalue weighted by Gasteiger charge is 2.21. The highest BCUT2D eigenvalue weighted by Crippen LogP contribution is 2.20. The number of esters is 1. The Labute approximate surface area is 125 Å². The van der Waals surface area contributed by atoms with Gasteiger partial charge in [0.15, 0.2) is 5.78 Å². The number of rotatable bonds is 5. The Kier molecular flexibility index (Phi) is 4.65. The molecular weight excluding hydrogens is 294 g/mol. The fourth-order valence-corrected chi connectivity index (χ4v) is 1.97. The normalized spacial score (nSPS) is 10.8. The minimum absolute atomic E-state index is 0.168. The van der Waals surface area contributed by atoms with E-state index in [0.717, 1.165) is 12.3 Å². The van der Waals surface area contributed by atoms with E-state index in [2.05, 4.69) is 9.97 Å². The lowest BCUT2D eigenvalue weighted by Crippen LogP contribution is -2.08. The van der Waals surface area contributed by atoms with Crippen molar-refractivity contribution in [3.8, 4) is 0 Å². The smallest absolute Gasteiger partial charge is 0.355 e. The van der Waals surface area contributed by atoms with Crippen LogP contribution < -0.4 is 0 Å². The molecule has 0 aliphatic heterocycles. The molecule has 2 aromatic heterocycles. The number of hydrogen-bond acceptors (Lipinski definition) is 4. The van der Waals surface area contributed by atoms with Crippen molar-refractivity contribution in [1.82, 2.24) is 9.97 Å². The molecule has 0 bridgehead atoms. The molecule has 116 valence electrons. The Balaban J connectivity index is 2.28. The van der Waals surface area contributed by atoms with Crippen molar-refractivity contribution in [3.05, 3.63) is 52.6 Å². The lowest BCUT2D eigenvalue weighted by Gasteiger charge is -2.03. The average Bonchev–Trinajstić information content (AvgIpc) is 2.88. The summed E-state index contributed by atoms with van der Waals surface area (Å²) in [5, 5.41) is 0. The van der Waals surface area contributed by atoms with Crippen LogP contribution in [0.1, 0.15) is 51.0 Å². The molecule has 5 nitrogen and oxygen atoms in total. The Bertz CT molecular complexity index is 693. The van der Waals surface area contributed by atoms with Gasteiger partial charge in [0, 0.05) is 23.5 Å². The van der Waals surface area contributed by atoms with Gasteiger partial charge in [-0.3, -0.25) is 9.78 Å². The summed E-state index contributed by atoms with van der Waals surface area (Å²) in [4.78, 5) is 30.3. The Morgan fingerprint density at radius 1 is 1.36 bits per heavy atom. The molecule has 0 unspecified atom stereocenters. The number of nitrogens with one attached hydrogen (secondary N) is 1. The Hall–Kier alpha value is -2.57. The summed E-state index contributed by atoms with van der Waals surface area (Å²) in [6, 6.07) is 2.39. The van der Waals surface area contributed by atoms with Crippen molar-refractivity contribution in [2.75, 3.05) is 6.61 Å². The number of ether oxygens (including phenoxy) is 1. The lowest BCUT2D eigenvalue weighted by atomic mass is 10.0. The van der Waals surface area contributed by atoms with Gasteiger partial charge in [-0.2, -0.15) is 0 Å². The molecule has 0 aromatic carbocycles. The second kappa shape index (κ2) is 6.46. The lowest BCUT2D eigenvalue weighted by molar-refractivity contribution is 0.0519. The van der Waals surface area contributed by atoms with Crippen LogP contribution in [0.4, 0.5) is 8.78 Å². The van der Waals surface area contributed by atoms with Crippen LogP contribution in [0.5, 0.6) is 0 Å². The van der Waals surface area contributed by atoms with Crippen LogP contribution >= 0.6 is 0 Å². The van der Waals surface area contributed by atoms with Crippen LogP contribution in [0.2, 0.25) is 0 Å². The van der Waals surface area contributed by atoms with Gasteiger partial charge in [-0.15, -0.1) is 0 Å². The Morgan fingerprint density at radius 3 is 2.64 bits per heavy atom. The second-order valence-corrected chi connectivity index (χ2v) is 4.52. The molecule has 22 heavy (non-hydrogen) atoms. The molecule has 0 aliphatic rings. The zero-order chi connectivity index (χ0) is 16.3.